The van der Waals surface area contributed by atoms with Gasteiger partial charge in [0, 0.05) is 5.56 Å². The van der Waals surface area contributed by atoms with Crippen molar-refractivity contribution in [2.45, 2.75) is 39.2 Å². The minimum atomic E-state index is -0.981. The van der Waals surface area contributed by atoms with Gasteiger partial charge in [0.1, 0.15) is 11.5 Å². The fourth-order valence-corrected chi connectivity index (χ4v) is 4.96. The van der Waals surface area contributed by atoms with Crippen molar-refractivity contribution in [2.75, 3.05) is 25.2 Å². The first-order valence-corrected chi connectivity index (χ1v) is 13.8. The fourth-order valence-electron chi connectivity index (χ4n) is 4.96. The summed E-state index contributed by atoms with van der Waals surface area (Å²) in [7, 11) is 1.54. The number of hydrogen-bond donors (Lipinski definition) is 2. The molecule has 1 aliphatic rings. The molecule has 41 heavy (non-hydrogen) atoms. The highest BCUT2D eigenvalue weighted by molar-refractivity contribution is 6.51. The van der Waals surface area contributed by atoms with E-state index in [1.54, 1.807) is 42.5 Å². The highest BCUT2D eigenvalue weighted by Crippen LogP contribution is 2.44. The number of fused-ring (bicyclic) bond motifs is 1. The number of aromatic nitrogens is 2. The number of aromatic amines is 1. The number of carbonyl (C=O) groups is 2. The van der Waals surface area contributed by atoms with E-state index in [4.69, 9.17) is 14.2 Å². The first kappa shape index (κ1) is 27.8. The highest BCUT2D eigenvalue weighted by atomic mass is 16.5. The van der Waals surface area contributed by atoms with Gasteiger partial charge in [0.25, 0.3) is 5.78 Å². The number of imidazole rings is 1. The molecule has 0 saturated carbocycles. The Morgan fingerprint density at radius 3 is 2.46 bits per heavy atom. The van der Waals surface area contributed by atoms with E-state index in [9.17, 15) is 14.7 Å². The predicted molar refractivity (Wildman–Crippen MR) is 157 cm³/mol. The molecule has 2 heterocycles. The zero-order valence-corrected chi connectivity index (χ0v) is 23.3. The van der Waals surface area contributed by atoms with Gasteiger partial charge in [0.15, 0.2) is 11.5 Å². The molecule has 1 saturated heterocycles. The van der Waals surface area contributed by atoms with Gasteiger partial charge in [-0.05, 0) is 67.4 Å². The van der Waals surface area contributed by atoms with Crippen molar-refractivity contribution in [1.29, 1.82) is 0 Å². The number of methoxy groups -OCH3 is 1. The minimum Gasteiger partial charge on any atom is -0.507 e. The number of hydrogen-bond acceptors (Lipinski definition) is 7. The smallest absolute Gasteiger partial charge is 0.302 e. The van der Waals surface area contributed by atoms with E-state index in [1.165, 1.54) is 12.0 Å². The molecule has 0 radical (unpaired) electrons. The molecule has 1 atom stereocenters. The Morgan fingerprint density at radius 2 is 1.76 bits per heavy atom. The molecular weight excluding hydrogens is 522 g/mol. The summed E-state index contributed by atoms with van der Waals surface area (Å²) < 4.78 is 17.0. The van der Waals surface area contributed by atoms with Crippen LogP contribution in [0.5, 0.6) is 17.2 Å². The number of benzene rings is 3. The molecule has 1 amide bonds. The van der Waals surface area contributed by atoms with Crippen LogP contribution >= 0.6 is 0 Å². The summed E-state index contributed by atoms with van der Waals surface area (Å²) in [5.41, 5.74) is 2.23. The Balaban J connectivity index is 1.61. The van der Waals surface area contributed by atoms with Crippen molar-refractivity contribution in [1.82, 2.24) is 9.97 Å². The maximum absolute atomic E-state index is 13.6. The highest BCUT2D eigenvalue weighted by Gasteiger charge is 2.48. The number of aliphatic hydroxyl groups is 1. The zero-order valence-electron chi connectivity index (χ0n) is 23.3. The van der Waals surface area contributed by atoms with Gasteiger partial charge in [0.2, 0.25) is 5.95 Å². The quantitative estimate of drug-likeness (QED) is 0.0985. The molecule has 1 aliphatic heterocycles. The van der Waals surface area contributed by atoms with Crippen molar-refractivity contribution in [3.63, 3.8) is 0 Å². The van der Waals surface area contributed by atoms with Gasteiger partial charge in [-0.2, -0.15) is 0 Å². The number of Topliss-reactive ketones (excluding diaryl/α,β-unsaturated/α-hetero) is 1. The lowest BCUT2D eigenvalue weighted by molar-refractivity contribution is -0.132. The monoisotopic (exact) mass is 555 g/mol. The maximum atomic E-state index is 13.6. The van der Waals surface area contributed by atoms with Gasteiger partial charge in [-0.3, -0.25) is 14.5 Å². The minimum absolute atomic E-state index is 0.0558. The van der Waals surface area contributed by atoms with E-state index in [1.807, 2.05) is 31.2 Å². The van der Waals surface area contributed by atoms with Crippen LogP contribution in [0, 0.1) is 0 Å². The van der Waals surface area contributed by atoms with Crippen LogP contribution in [0.4, 0.5) is 5.95 Å². The maximum Gasteiger partial charge on any atom is 0.302 e. The molecule has 1 aromatic heterocycles. The van der Waals surface area contributed by atoms with Gasteiger partial charge in [-0.25, -0.2) is 4.98 Å². The zero-order chi connectivity index (χ0) is 28.9. The summed E-state index contributed by atoms with van der Waals surface area (Å²) in [6.07, 6.45) is 3.14. The SMILES string of the molecule is CCCCCOc1ccc(/C(O)=C2\C(=O)C(=O)N(c3nc4ccccc4[nH]3)C2c2ccc(OC)c(OCC)c2)cc1. The Kier molecular flexibility index (Phi) is 8.24. The second kappa shape index (κ2) is 12.2. The van der Waals surface area contributed by atoms with Crippen LogP contribution in [0.25, 0.3) is 16.8 Å². The summed E-state index contributed by atoms with van der Waals surface area (Å²) in [6, 6.07) is 18.4. The number of ketones is 1. The molecule has 5 rings (SSSR count). The molecular formula is C32H33N3O6. The van der Waals surface area contributed by atoms with E-state index in [0.717, 1.165) is 19.3 Å². The molecule has 0 bridgehead atoms. The van der Waals surface area contributed by atoms with Crippen molar-refractivity contribution in [3.8, 4) is 17.2 Å². The molecule has 9 heteroatoms. The third-order valence-corrected chi connectivity index (χ3v) is 7.00. The van der Waals surface area contributed by atoms with Gasteiger partial charge in [0.05, 0.1) is 43.0 Å². The van der Waals surface area contributed by atoms with Gasteiger partial charge >= 0.3 is 5.91 Å². The van der Waals surface area contributed by atoms with E-state index in [-0.39, 0.29) is 17.3 Å². The number of rotatable bonds is 11. The van der Waals surface area contributed by atoms with Crippen LogP contribution in [0.2, 0.25) is 0 Å². The molecule has 2 N–H and O–H groups in total. The molecule has 212 valence electrons. The first-order chi connectivity index (χ1) is 20.0. The van der Waals surface area contributed by atoms with Crippen LogP contribution in [-0.2, 0) is 9.59 Å². The number of nitrogens with one attached hydrogen (secondary N) is 1. The topological polar surface area (TPSA) is 114 Å². The molecule has 9 nitrogen and oxygen atoms in total. The number of para-hydroxylation sites is 2. The number of amides is 1. The predicted octanol–water partition coefficient (Wildman–Crippen LogP) is 6.17. The lowest BCUT2D eigenvalue weighted by Gasteiger charge is -2.24. The second-order valence-corrected chi connectivity index (χ2v) is 9.67. The summed E-state index contributed by atoms with van der Waals surface area (Å²) in [6.45, 7) is 4.97. The Bertz CT molecular complexity index is 1560. The van der Waals surface area contributed by atoms with Crippen molar-refractivity contribution < 1.29 is 28.9 Å². The number of H-pyrrole nitrogens is 1. The Labute approximate surface area is 238 Å². The largest absolute Gasteiger partial charge is 0.507 e. The standard InChI is InChI=1S/C32H33N3O6/c1-4-6-9-18-41-22-15-12-20(13-16-22)29(36)27-28(21-14-17-25(39-3)26(19-21)40-5-2)35(31(38)30(27)37)32-33-23-10-7-8-11-24(23)34-32/h7-8,10-17,19,28,36H,4-6,9,18H2,1-3H3,(H,33,34)/b29-27+. The second-order valence-electron chi connectivity index (χ2n) is 9.67. The van der Waals surface area contributed by atoms with Crippen LogP contribution in [0.1, 0.15) is 50.3 Å². The lowest BCUT2D eigenvalue weighted by Crippen LogP contribution is -2.30. The van der Waals surface area contributed by atoms with Crippen LogP contribution in [0.3, 0.4) is 0 Å². The fraction of sp³-hybridized carbons (Fsp3) is 0.281. The molecule has 0 aliphatic carbocycles. The van der Waals surface area contributed by atoms with E-state index in [2.05, 4.69) is 16.9 Å². The average Bonchev–Trinajstić information content (AvgIpc) is 3.53. The van der Waals surface area contributed by atoms with Crippen molar-refractivity contribution >= 4 is 34.4 Å². The number of anilines is 1. The van der Waals surface area contributed by atoms with Crippen molar-refractivity contribution in [3.05, 3.63) is 83.4 Å². The third kappa shape index (κ3) is 5.48. The number of nitrogens with zero attached hydrogens (tertiary/aromatic N) is 2. The van der Waals surface area contributed by atoms with E-state index >= 15 is 0 Å². The number of aliphatic hydroxyl groups excluding tert-OH is 1. The Morgan fingerprint density at radius 1 is 0.976 bits per heavy atom. The molecule has 4 aromatic rings. The summed E-state index contributed by atoms with van der Waals surface area (Å²) in [5.74, 6) is -0.103. The van der Waals surface area contributed by atoms with Crippen LogP contribution < -0.4 is 19.1 Å². The normalized spacial score (nSPS) is 16.4. The molecule has 3 aromatic carbocycles. The number of carbonyl (C=O) groups excluding carboxylic acids is 2. The average molecular weight is 556 g/mol. The third-order valence-electron chi connectivity index (χ3n) is 7.00. The Hall–Kier alpha value is -4.79. The molecule has 0 spiro atoms. The van der Waals surface area contributed by atoms with Gasteiger partial charge in [-0.1, -0.05) is 38.0 Å². The van der Waals surface area contributed by atoms with Crippen molar-refractivity contribution in [2.24, 2.45) is 0 Å². The summed E-state index contributed by atoms with van der Waals surface area (Å²) in [4.78, 5) is 36.2. The van der Waals surface area contributed by atoms with Gasteiger partial charge < -0.3 is 24.3 Å². The van der Waals surface area contributed by atoms with Crippen LogP contribution in [-0.4, -0.2) is 47.1 Å². The van der Waals surface area contributed by atoms with Gasteiger partial charge in [-0.15, -0.1) is 0 Å². The number of ether oxygens (including phenoxy) is 3. The van der Waals surface area contributed by atoms with Crippen LogP contribution in [0.15, 0.2) is 72.3 Å². The molecule has 1 fully saturated rings. The van der Waals surface area contributed by atoms with E-state index < -0.39 is 17.7 Å². The summed E-state index contributed by atoms with van der Waals surface area (Å²) in [5, 5.41) is 11.5. The summed E-state index contributed by atoms with van der Waals surface area (Å²) >= 11 is 0. The lowest BCUT2D eigenvalue weighted by atomic mass is 9.95. The number of unbranched alkanes of at least 4 members (excludes halogenated alkanes) is 2. The van der Waals surface area contributed by atoms with E-state index in [0.29, 0.717) is 52.6 Å². The first-order valence-electron chi connectivity index (χ1n) is 13.8. The molecule has 1 unspecified atom stereocenters.